The van der Waals surface area contributed by atoms with Crippen molar-refractivity contribution in [3.63, 3.8) is 0 Å². The van der Waals surface area contributed by atoms with E-state index in [0.29, 0.717) is 0 Å². The summed E-state index contributed by atoms with van der Waals surface area (Å²) in [7, 11) is 0. The van der Waals surface area contributed by atoms with Gasteiger partial charge < -0.3 is 5.32 Å². The molecule has 0 aliphatic carbocycles. The summed E-state index contributed by atoms with van der Waals surface area (Å²) in [6.45, 7) is 2.11. The topological polar surface area (TPSA) is 24.9 Å². The van der Waals surface area contributed by atoms with Crippen LogP contribution >= 0.6 is 0 Å². The van der Waals surface area contributed by atoms with Gasteiger partial charge >= 0.3 is 0 Å². The van der Waals surface area contributed by atoms with E-state index in [4.69, 9.17) is 0 Å². The largest absolute Gasteiger partial charge is 0.373 e. The molecule has 0 saturated heterocycles. The molecule has 2 aromatic carbocycles. The van der Waals surface area contributed by atoms with E-state index in [2.05, 4.69) is 71.8 Å². The number of para-hydroxylation sites is 1. The summed E-state index contributed by atoms with van der Waals surface area (Å²) in [5, 5.41) is 3.62. The number of aryl methyl sites for hydroxylation is 1. The van der Waals surface area contributed by atoms with Crippen LogP contribution in [0.1, 0.15) is 22.9 Å². The van der Waals surface area contributed by atoms with Gasteiger partial charge in [0.05, 0.1) is 11.7 Å². The van der Waals surface area contributed by atoms with E-state index in [1.54, 1.807) is 0 Å². The SMILES string of the molecule is Cc1ccccc1NC(c1ccccc1)c1ccccn1. The summed E-state index contributed by atoms with van der Waals surface area (Å²) in [6, 6.07) is 24.8. The molecule has 1 heterocycles. The molecule has 0 spiro atoms. The maximum absolute atomic E-state index is 4.52. The molecule has 3 aromatic rings. The second kappa shape index (κ2) is 6.23. The van der Waals surface area contributed by atoms with Gasteiger partial charge in [0.15, 0.2) is 0 Å². The van der Waals surface area contributed by atoms with E-state index in [9.17, 15) is 0 Å². The highest BCUT2D eigenvalue weighted by atomic mass is 14.9. The summed E-state index contributed by atoms with van der Waals surface area (Å²) in [4.78, 5) is 4.52. The molecule has 104 valence electrons. The van der Waals surface area contributed by atoms with Crippen LogP contribution in [0.3, 0.4) is 0 Å². The summed E-state index contributed by atoms with van der Waals surface area (Å²) in [5.74, 6) is 0. The van der Waals surface area contributed by atoms with Gasteiger partial charge in [-0.05, 0) is 36.2 Å². The molecule has 2 heteroatoms. The molecule has 1 unspecified atom stereocenters. The van der Waals surface area contributed by atoms with Gasteiger partial charge in [0.2, 0.25) is 0 Å². The Morgan fingerprint density at radius 1 is 0.810 bits per heavy atom. The number of pyridine rings is 1. The summed E-state index contributed by atoms with van der Waals surface area (Å²) in [5.41, 5.74) is 4.60. The van der Waals surface area contributed by atoms with Gasteiger partial charge in [-0.15, -0.1) is 0 Å². The van der Waals surface area contributed by atoms with Crippen molar-refractivity contribution in [1.29, 1.82) is 0 Å². The molecule has 0 aliphatic rings. The molecule has 21 heavy (non-hydrogen) atoms. The number of nitrogens with zero attached hydrogens (tertiary/aromatic N) is 1. The average molecular weight is 274 g/mol. The lowest BCUT2D eigenvalue weighted by Gasteiger charge is -2.21. The van der Waals surface area contributed by atoms with Crippen LogP contribution in [-0.4, -0.2) is 4.98 Å². The van der Waals surface area contributed by atoms with Gasteiger partial charge in [0.25, 0.3) is 0 Å². The molecule has 1 N–H and O–H groups in total. The number of rotatable bonds is 4. The van der Waals surface area contributed by atoms with Crippen molar-refractivity contribution in [2.75, 3.05) is 5.32 Å². The highest BCUT2D eigenvalue weighted by Gasteiger charge is 2.15. The number of aromatic nitrogens is 1. The molecule has 0 amide bonds. The molecule has 0 fully saturated rings. The van der Waals surface area contributed by atoms with Crippen LogP contribution in [0.15, 0.2) is 79.0 Å². The van der Waals surface area contributed by atoms with Crippen molar-refractivity contribution < 1.29 is 0 Å². The Morgan fingerprint density at radius 3 is 2.24 bits per heavy atom. The minimum atomic E-state index is 0.0495. The Balaban J connectivity index is 1.99. The fourth-order valence-electron chi connectivity index (χ4n) is 2.41. The molecule has 0 saturated carbocycles. The molecule has 0 bridgehead atoms. The zero-order chi connectivity index (χ0) is 14.5. The quantitative estimate of drug-likeness (QED) is 0.752. The first-order chi connectivity index (χ1) is 10.3. The fraction of sp³-hybridized carbons (Fsp3) is 0.105. The van der Waals surface area contributed by atoms with E-state index in [-0.39, 0.29) is 6.04 Å². The van der Waals surface area contributed by atoms with Gasteiger partial charge in [-0.1, -0.05) is 54.6 Å². The molecule has 0 radical (unpaired) electrons. The molecular formula is C19H18N2. The predicted molar refractivity (Wildman–Crippen MR) is 87.3 cm³/mol. The smallest absolute Gasteiger partial charge is 0.0940 e. The molecule has 3 rings (SSSR count). The van der Waals surface area contributed by atoms with Crippen molar-refractivity contribution in [1.82, 2.24) is 4.98 Å². The lowest BCUT2D eigenvalue weighted by Crippen LogP contribution is -2.14. The predicted octanol–water partition coefficient (Wildman–Crippen LogP) is 4.59. The Kier molecular flexibility index (Phi) is 3.97. The Labute approximate surface area is 125 Å². The van der Waals surface area contributed by atoms with Crippen LogP contribution in [0, 0.1) is 6.92 Å². The Hall–Kier alpha value is -2.61. The van der Waals surface area contributed by atoms with Gasteiger partial charge in [0.1, 0.15) is 0 Å². The number of hydrogen-bond donors (Lipinski definition) is 1. The maximum atomic E-state index is 4.52. The normalized spacial score (nSPS) is 11.9. The second-order valence-corrected chi connectivity index (χ2v) is 5.06. The number of benzene rings is 2. The average Bonchev–Trinajstić information content (AvgIpc) is 2.56. The van der Waals surface area contributed by atoms with Crippen molar-refractivity contribution in [2.45, 2.75) is 13.0 Å². The lowest BCUT2D eigenvalue weighted by atomic mass is 10.0. The number of anilines is 1. The van der Waals surface area contributed by atoms with Crippen molar-refractivity contribution in [2.24, 2.45) is 0 Å². The van der Waals surface area contributed by atoms with Crippen LogP contribution in [0.25, 0.3) is 0 Å². The van der Waals surface area contributed by atoms with Gasteiger partial charge in [0, 0.05) is 11.9 Å². The first-order valence-corrected chi connectivity index (χ1v) is 7.12. The molecule has 1 aromatic heterocycles. The molecule has 0 aliphatic heterocycles. The minimum absolute atomic E-state index is 0.0495. The zero-order valence-corrected chi connectivity index (χ0v) is 12.0. The summed E-state index contributed by atoms with van der Waals surface area (Å²) >= 11 is 0. The first-order valence-electron chi connectivity index (χ1n) is 7.12. The third-order valence-corrected chi connectivity index (χ3v) is 3.56. The van der Waals surface area contributed by atoms with E-state index in [0.717, 1.165) is 11.4 Å². The van der Waals surface area contributed by atoms with Crippen LogP contribution in [0.4, 0.5) is 5.69 Å². The first kappa shape index (κ1) is 13.4. The lowest BCUT2D eigenvalue weighted by molar-refractivity contribution is 0.885. The molecule has 2 nitrogen and oxygen atoms in total. The zero-order valence-electron chi connectivity index (χ0n) is 12.0. The monoisotopic (exact) mass is 274 g/mol. The number of hydrogen-bond acceptors (Lipinski definition) is 2. The van der Waals surface area contributed by atoms with Crippen LogP contribution in [0.5, 0.6) is 0 Å². The van der Waals surface area contributed by atoms with Crippen LogP contribution in [0.2, 0.25) is 0 Å². The minimum Gasteiger partial charge on any atom is -0.373 e. The van der Waals surface area contributed by atoms with Gasteiger partial charge in [-0.3, -0.25) is 4.98 Å². The Morgan fingerprint density at radius 2 is 1.52 bits per heavy atom. The Bertz CT molecular complexity index is 654. The van der Waals surface area contributed by atoms with Crippen LogP contribution in [-0.2, 0) is 0 Å². The molecular weight excluding hydrogens is 256 g/mol. The van der Waals surface area contributed by atoms with Crippen molar-refractivity contribution >= 4 is 5.69 Å². The van der Waals surface area contributed by atoms with Gasteiger partial charge in [-0.25, -0.2) is 0 Å². The second-order valence-electron chi connectivity index (χ2n) is 5.06. The molecule has 1 atom stereocenters. The highest BCUT2D eigenvalue weighted by Crippen LogP contribution is 2.26. The van der Waals surface area contributed by atoms with Gasteiger partial charge in [-0.2, -0.15) is 0 Å². The fourth-order valence-corrected chi connectivity index (χ4v) is 2.41. The van der Waals surface area contributed by atoms with E-state index in [1.165, 1.54) is 11.1 Å². The third kappa shape index (κ3) is 3.11. The summed E-state index contributed by atoms with van der Waals surface area (Å²) in [6.07, 6.45) is 1.84. The van der Waals surface area contributed by atoms with Crippen molar-refractivity contribution in [3.05, 3.63) is 95.8 Å². The van der Waals surface area contributed by atoms with E-state index >= 15 is 0 Å². The van der Waals surface area contributed by atoms with Crippen LogP contribution < -0.4 is 5.32 Å². The number of nitrogens with one attached hydrogen (secondary N) is 1. The maximum Gasteiger partial charge on any atom is 0.0940 e. The van der Waals surface area contributed by atoms with Crippen molar-refractivity contribution in [3.8, 4) is 0 Å². The highest BCUT2D eigenvalue weighted by molar-refractivity contribution is 5.53. The standard InChI is InChI=1S/C19H18N2/c1-15-9-5-6-12-17(15)21-19(16-10-3-2-4-11-16)18-13-7-8-14-20-18/h2-14,19,21H,1H3. The summed E-state index contributed by atoms with van der Waals surface area (Å²) < 4.78 is 0. The van der Waals surface area contributed by atoms with E-state index in [1.807, 2.05) is 24.4 Å². The third-order valence-electron chi connectivity index (χ3n) is 3.56. The van der Waals surface area contributed by atoms with E-state index < -0.39 is 0 Å².